The van der Waals surface area contributed by atoms with Crippen molar-refractivity contribution in [3.8, 4) is 0 Å². The summed E-state index contributed by atoms with van der Waals surface area (Å²) < 4.78 is 26.0. The van der Waals surface area contributed by atoms with Gasteiger partial charge in [0.25, 0.3) is 0 Å². The zero-order chi connectivity index (χ0) is 16.4. The number of carbonyl (C=O) groups is 1. The van der Waals surface area contributed by atoms with Crippen LogP contribution in [0.4, 0.5) is 5.69 Å². The van der Waals surface area contributed by atoms with E-state index < -0.39 is 16.1 Å². The molecule has 1 aliphatic carbocycles. The fourth-order valence-electron chi connectivity index (χ4n) is 3.59. The van der Waals surface area contributed by atoms with Gasteiger partial charge in [0.2, 0.25) is 15.9 Å². The average Bonchev–Trinajstić information content (AvgIpc) is 3.16. The Kier molecular flexibility index (Phi) is 4.73. The van der Waals surface area contributed by atoms with Crippen molar-refractivity contribution in [1.29, 1.82) is 0 Å². The molecule has 0 aromatic heterocycles. The van der Waals surface area contributed by atoms with Gasteiger partial charge in [-0.3, -0.25) is 4.79 Å². The van der Waals surface area contributed by atoms with Crippen molar-refractivity contribution in [3.63, 3.8) is 0 Å². The summed E-state index contributed by atoms with van der Waals surface area (Å²) in [4.78, 5) is 12.6. The minimum absolute atomic E-state index is 0.107. The van der Waals surface area contributed by atoms with E-state index >= 15 is 0 Å². The molecule has 0 saturated carbocycles. The third kappa shape index (κ3) is 3.43. The van der Waals surface area contributed by atoms with Gasteiger partial charge in [-0.25, -0.2) is 8.42 Å². The fourth-order valence-corrected chi connectivity index (χ4v) is 5.33. The predicted molar refractivity (Wildman–Crippen MR) is 90.9 cm³/mol. The Labute approximate surface area is 138 Å². The van der Waals surface area contributed by atoms with Gasteiger partial charge in [0.1, 0.15) is 6.04 Å². The molecule has 5 nitrogen and oxygen atoms in total. The molecule has 3 rings (SSSR count). The highest BCUT2D eigenvalue weighted by atomic mass is 32.2. The molecule has 1 aromatic rings. The minimum atomic E-state index is -3.33. The van der Waals surface area contributed by atoms with Crippen LogP contribution in [0, 0.1) is 0 Å². The molecule has 1 fully saturated rings. The van der Waals surface area contributed by atoms with Crippen LogP contribution in [0.2, 0.25) is 0 Å². The molecule has 1 aromatic carbocycles. The summed E-state index contributed by atoms with van der Waals surface area (Å²) in [6.07, 6.45) is 5.23. The second-order valence-corrected chi connectivity index (χ2v) is 8.45. The second-order valence-electron chi connectivity index (χ2n) is 6.41. The van der Waals surface area contributed by atoms with Crippen molar-refractivity contribution in [3.05, 3.63) is 29.3 Å². The Morgan fingerprint density at radius 1 is 1.26 bits per heavy atom. The van der Waals surface area contributed by atoms with E-state index in [-0.39, 0.29) is 11.7 Å². The molecule has 0 radical (unpaired) electrons. The van der Waals surface area contributed by atoms with Crippen LogP contribution < -0.4 is 5.32 Å². The van der Waals surface area contributed by atoms with E-state index in [0.29, 0.717) is 19.4 Å². The van der Waals surface area contributed by atoms with Crippen LogP contribution in [-0.2, 0) is 27.7 Å². The molecule has 2 aliphatic rings. The lowest BCUT2D eigenvalue weighted by atomic mass is 10.1. The topological polar surface area (TPSA) is 66.5 Å². The Hall–Kier alpha value is -1.40. The van der Waals surface area contributed by atoms with Gasteiger partial charge in [0, 0.05) is 12.2 Å². The molecule has 1 aliphatic heterocycles. The zero-order valence-corrected chi connectivity index (χ0v) is 14.4. The number of amides is 1. The Morgan fingerprint density at radius 2 is 2.04 bits per heavy atom. The molecule has 0 bridgehead atoms. The van der Waals surface area contributed by atoms with Crippen LogP contribution >= 0.6 is 0 Å². The largest absolute Gasteiger partial charge is 0.325 e. The van der Waals surface area contributed by atoms with Crippen LogP contribution in [0.25, 0.3) is 0 Å². The predicted octanol–water partition coefficient (Wildman–Crippen LogP) is 2.32. The number of aryl methyl sites for hydroxylation is 2. The van der Waals surface area contributed by atoms with Crippen molar-refractivity contribution >= 4 is 21.6 Å². The van der Waals surface area contributed by atoms with Gasteiger partial charge in [-0.15, -0.1) is 0 Å². The number of nitrogens with zero attached hydrogens (tertiary/aromatic N) is 1. The number of hydrogen-bond acceptors (Lipinski definition) is 3. The lowest BCUT2D eigenvalue weighted by Crippen LogP contribution is -2.44. The molecule has 6 heteroatoms. The van der Waals surface area contributed by atoms with Gasteiger partial charge in [0.05, 0.1) is 5.75 Å². The van der Waals surface area contributed by atoms with Gasteiger partial charge >= 0.3 is 0 Å². The SMILES string of the molecule is CCCS(=O)(=O)N1CCCC1C(=O)Nc1ccc2c(c1)CCC2. The first-order valence-electron chi connectivity index (χ1n) is 8.43. The number of fused-ring (bicyclic) bond motifs is 1. The molecule has 1 saturated heterocycles. The summed E-state index contributed by atoms with van der Waals surface area (Å²) in [5, 5.41) is 2.91. The normalized spacial score (nSPS) is 21.3. The van der Waals surface area contributed by atoms with Crippen LogP contribution in [0.3, 0.4) is 0 Å². The van der Waals surface area contributed by atoms with E-state index in [4.69, 9.17) is 0 Å². The van der Waals surface area contributed by atoms with Gasteiger partial charge in [-0.1, -0.05) is 13.0 Å². The van der Waals surface area contributed by atoms with Crippen LogP contribution in [0.5, 0.6) is 0 Å². The lowest BCUT2D eigenvalue weighted by Gasteiger charge is -2.23. The summed E-state index contributed by atoms with van der Waals surface area (Å²) in [5.41, 5.74) is 3.43. The number of nitrogens with one attached hydrogen (secondary N) is 1. The zero-order valence-electron chi connectivity index (χ0n) is 13.5. The van der Waals surface area contributed by atoms with Crippen molar-refractivity contribution in [1.82, 2.24) is 4.31 Å². The quantitative estimate of drug-likeness (QED) is 0.897. The molecule has 126 valence electrons. The van der Waals surface area contributed by atoms with E-state index in [1.807, 2.05) is 19.1 Å². The molecule has 1 heterocycles. The first kappa shape index (κ1) is 16.5. The summed E-state index contributed by atoms with van der Waals surface area (Å²) >= 11 is 0. The number of benzene rings is 1. The van der Waals surface area contributed by atoms with E-state index in [2.05, 4.69) is 11.4 Å². The number of sulfonamides is 1. The Morgan fingerprint density at radius 3 is 2.83 bits per heavy atom. The highest BCUT2D eigenvalue weighted by molar-refractivity contribution is 7.89. The molecule has 1 unspecified atom stereocenters. The maximum atomic E-state index is 12.6. The molecular weight excluding hydrogens is 312 g/mol. The van der Waals surface area contributed by atoms with E-state index in [1.165, 1.54) is 21.9 Å². The summed E-state index contributed by atoms with van der Waals surface area (Å²) in [6, 6.07) is 5.44. The highest BCUT2D eigenvalue weighted by Crippen LogP contribution is 2.27. The van der Waals surface area contributed by atoms with Crippen molar-refractivity contribution in [2.75, 3.05) is 17.6 Å². The third-order valence-corrected chi connectivity index (χ3v) is 6.77. The molecular formula is C17H24N2O3S. The highest BCUT2D eigenvalue weighted by Gasteiger charge is 2.38. The van der Waals surface area contributed by atoms with Gasteiger partial charge in [-0.05, 0) is 61.8 Å². The van der Waals surface area contributed by atoms with Gasteiger partial charge in [0.15, 0.2) is 0 Å². The Bertz CT molecular complexity index is 700. The standard InChI is InChI=1S/C17H24N2O3S/c1-2-11-23(21,22)19-10-4-7-16(19)17(20)18-15-9-8-13-5-3-6-14(13)12-15/h8-9,12,16H,2-7,10-11H2,1H3,(H,18,20). The number of hydrogen-bond donors (Lipinski definition) is 1. The minimum Gasteiger partial charge on any atom is -0.325 e. The number of anilines is 1. The van der Waals surface area contributed by atoms with Gasteiger partial charge < -0.3 is 5.32 Å². The third-order valence-electron chi connectivity index (χ3n) is 4.69. The van der Waals surface area contributed by atoms with Crippen molar-refractivity contribution in [2.24, 2.45) is 0 Å². The van der Waals surface area contributed by atoms with Crippen LogP contribution in [-0.4, -0.2) is 37.0 Å². The van der Waals surface area contributed by atoms with Gasteiger partial charge in [-0.2, -0.15) is 4.31 Å². The fraction of sp³-hybridized carbons (Fsp3) is 0.588. The van der Waals surface area contributed by atoms with E-state index in [1.54, 1.807) is 0 Å². The number of carbonyl (C=O) groups excluding carboxylic acids is 1. The first-order valence-corrected chi connectivity index (χ1v) is 10.0. The average molecular weight is 336 g/mol. The van der Waals surface area contributed by atoms with Crippen LogP contribution in [0.15, 0.2) is 18.2 Å². The molecule has 1 N–H and O–H groups in total. The first-order chi connectivity index (χ1) is 11.0. The molecule has 1 atom stereocenters. The van der Waals surface area contributed by atoms with E-state index in [0.717, 1.165) is 24.9 Å². The number of rotatable bonds is 5. The van der Waals surface area contributed by atoms with E-state index in [9.17, 15) is 13.2 Å². The smallest absolute Gasteiger partial charge is 0.242 e. The summed E-state index contributed by atoms with van der Waals surface area (Å²) in [7, 11) is -3.33. The van der Waals surface area contributed by atoms with Crippen molar-refractivity contribution < 1.29 is 13.2 Å². The van der Waals surface area contributed by atoms with Crippen LogP contribution in [0.1, 0.15) is 43.7 Å². The summed E-state index contributed by atoms with van der Waals surface area (Å²) in [6.45, 7) is 2.29. The monoisotopic (exact) mass is 336 g/mol. The molecule has 1 amide bonds. The molecule has 0 spiro atoms. The maximum Gasteiger partial charge on any atom is 0.242 e. The second kappa shape index (κ2) is 6.61. The molecule has 23 heavy (non-hydrogen) atoms. The van der Waals surface area contributed by atoms with Crippen molar-refractivity contribution in [2.45, 2.75) is 51.5 Å². The Balaban J connectivity index is 1.72. The lowest BCUT2D eigenvalue weighted by molar-refractivity contribution is -0.119. The summed E-state index contributed by atoms with van der Waals surface area (Å²) in [5.74, 6) is -0.101. The maximum absolute atomic E-state index is 12.6.